The zero-order valence-corrected chi connectivity index (χ0v) is 30.7. The van der Waals surface area contributed by atoms with E-state index in [1.807, 2.05) is 0 Å². The van der Waals surface area contributed by atoms with E-state index >= 15 is 0 Å². The van der Waals surface area contributed by atoms with Gasteiger partial charge in [0.1, 0.15) is 0 Å². The molecule has 0 bridgehead atoms. The summed E-state index contributed by atoms with van der Waals surface area (Å²) in [6.45, 7) is 0. The van der Waals surface area contributed by atoms with Crippen LogP contribution in [0.3, 0.4) is 0 Å². The second-order valence-corrected chi connectivity index (χ2v) is 13.8. The Morgan fingerprint density at radius 3 is 0.367 bits per heavy atom. The molecule has 0 heterocycles. The third kappa shape index (κ3) is 21.4. The summed E-state index contributed by atoms with van der Waals surface area (Å²) in [5, 5.41) is 60.5. The molecular weight excluding hydrogens is 720 g/mol. The Bertz CT molecular complexity index is 765. The summed E-state index contributed by atoms with van der Waals surface area (Å²) < 4.78 is 0. The molecule has 0 N–H and O–H groups in total. The van der Waals surface area contributed by atoms with E-state index in [0.717, 1.165) is 154 Å². The summed E-state index contributed by atoms with van der Waals surface area (Å²) in [7, 11) is 0. The average Bonchev–Trinajstić information content (AvgIpc) is 3.91. The Morgan fingerprint density at radius 2 is 0.327 bits per heavy atom. The maximum Gasteiger partial charge on any atom is 0.0445 e. The molecule has 0 aromatic heterocycles. The maximum atomic E-state index is 10.1. The molecule has 6 rings (SSSR count). The smallest absolute Gasteiger partial charge is 0.0445 e. The zero-order valence-electron chi connectivity index (χ0n) is 28.7. The van der Waals surface area contributed by atoms with Crippen LogP contribution in [0.15, 0.2) is 0 Å². The predicted octanol–water partition coefficient (Wildman–Crippen LogP) is -0.443. The number of carboxylic acid groups (broad SMARTS) is 6. The normalized spacial score (nSPS) is 21.1. The van der Waals surface area contributed by atoms with Crippen LogP contribution in [0.4, 0.5) is 0 Å². The van der Waals surface area contributed by atoms with Crippen molar-refractivity contribution in [3.63, 3.8) is 0 Å². The Hall–Kier alpha value is -2.49. The van der Waals surface area contributed by atoms with Crippen LogP contribution in [-0.4, -0.2) is 35.8 Å². The SMILES string of the molecule is O=C([O-])C1CCCC1.O=C([O-])C1CCCC1.O=C([O-])C1CCCC1.O=C([O-])C1CCCC1.O=C([O-])C1CCCC1.O=C([O-])C1CCCC1.[Mo]. The van der Waals surface area contributed by atoms with Crippen LogP contribution in [0.2, 0.25) is 0 Å². The minimum Gasteiger partial charge on any atom is -0.550 e. The molecule has 12 nitrogen and oxygen atoms in total. The minimum absolute atomic E-state index is 0. The van der Waals surface area contributed by atoms with Crippen LogP contribution >= 0.6 is 0 Å². The Kier molecular flexibility index (Phi) is 25.9. The van der Waals surface area contributed by atoms with Crippen molar-refractivity contribution in [1.29, 1.82) is 0 Å². The van der Waals surface area contributed by atoms with Crippen molar-refractivity contribution in [2.24, 2.45) is 35.5 Å². The van der Waals surface area contributed by atoms with E-state index in [0.29, 0.717) is 0 Å². The van der Waals surface area contributed by atoms with E-state index in [1.165, 1.54) is 0 Å². The third-order valence-electron chi connectivity index (χ3n) is 10.1. The number of carbonyl (C=O) groups is 6. The van der Waals surface area contributed by atoms with E-state index in [4.69, 9.17) is 0 Å². The van der Waals surface area contributed by atoms with Gasteiger partial charge in [-0.2, -0.15) is 0 Å². The van der Waals surface area contributed by atoms with Crippen molar-refractivity contribution in [2.45, 2.75) is 154 Å². The van der Waals surface area contributed by atoms with E-state index in [1.54, 1.807) is 0 Å². The molecule has 0 amide bonds. The summed E-state index contributed by atoms with van der Waals surface area (Å²) in [4.78, 5) is 60.5. The van der Waals surface area contributed by atoms with Crippen molar-refractivity contribution < 1.29 is 80.5 Å². The molecule has 6 aliphatic rings. The molecule has 0 radical (unpaired) electrons. The number of hydrogen-bond acceptors (Lipinski definition) is 12. The van der Waals surface area contributed by atoms with Crippen LogP contribution < -0.4 is 30.6 Å². The van der Waals surface area contributed by atoms with E-state index in [9.17, 15) is 59.4 Å². The molecule has 13 heteroatoms. The summed E-state index contributed by atoms with van der Waals surface area (Å²) in [6.07, 6.45) is 22.8. The summed E-state index contributed by atoms with van der Waals surface area (Å²) in [5.41, 5.74) is 0. The van der Waals surface area contributed by atoms with Crippen molar-refractivity contribution in [3.05, 3.63) is 0 Å². The molecule has 0 aromatic carbocycles. The van der Waals surface area contributed by atoms with E-state index < -0.39 is 35.8 Å². The molecule has 6 fully saturated rings. The summed E-state index contributed by atoms with van der Waals surface area (Å²) >= 11 is 0. The molecule has 0 saturated heterocycles. The first kappa shape index (κ1) is 46.5. The van der Waals surface area contributed by atoms with Gasteiger partial charge in [-0.3, -0.25) is 0 Å². The Morgan fingerprint density at radius 1 is 0.245 bits per heavy atom. The van der Waals surface area contributed by atoms with Crippen molar-refractivity contribution in [2.75, 3.05) is 0 Å². The fourth-order valence-corrected chi connectivity index (χ4v) is 6.97. The van der Waals surface area contributed by atoms with Gasteiger partial charge in [0.05, 0.1) is 0 Å². The number of carboxylic acids is 6. The van der Waals surface area contributed by atoms with E-state index in [2.05, 4.69) is 0 Å². The number of rotatable bonds is 6. The molecule has 6 saturated carbocycles. The predicted molar refractivity (Wildman–Crippen MR) is 162 cm³/mol. The Balaban J connectivity index is 0.000000562. The van der Waals surface area contributed by atoms with Gasteiger partial charge in [-0.15, -0.1) is 0 Å². The van der Waals surface area contributed by atoms with Gasteiger partial charge >= 0.3 is 0 Å². The first-order valence-corrected chi connectivity index (χ1v) is 18.1. The van der Waals surface area contributed by atoms with Crippen molar-refractivity contribution >= 4 is 35.8 Å². The van der Waals surface area contributed by atoms with Crippen LogP contribution in [0.5, 0.6) is 0 Å². The zero-order chi connectivity index (χ0) is 35.9. The van der Waals surface area contributed by atoms with Crippen LogP contribution in [0.1, 0.15) is 154 Å². The fourth-order valence-electron chi connectivity index (χ4n) is 6.97. The minimum atomic E-state index is -0.859. The second-order valence-electron chi connectivity index (χ2n) is 13.8. The van der Waals surface area contributed by atoms with Gasteiger partial charge in [-0.05, 0) is 113 Å². The van der Waals surface area contributed by atoms with Gasteiger partial charge in [0.2, 0.25) is 0 Å². The molecule has 0 atom stereocenters. The molecule has 0 unspecified atom stereocenters. The monoisotopic (exact) mass is 776 g/mol. The molecule has 0 spiro atoms. The second kappa shape index (κ2) is 27.3. The Labute approximate surface area is 305 Å². The molecule has 0 aromatic rings. The van der Waals surface area contributed by atoms with E-state index in [-0.39, 0.29) is 56.6 Å². The van der Waals surface area contributed by atoms with Gasteiger partial charge in [-0.1, -0.05) is 77.0 Å². The van der Waals surface area contributed by atoms with Gasteiger partial charge in [0, 0.05) is 56.9 Å². The molecule has 49 heavy (non-hydrogen) atoms. The largest absolute Gasteiger partial charge is 0.550 e. The molecule has 282 valence electrons. The van der Waals surface area contributed by atoms with Gasteiger partial charge in [-0.25, -0.2) is 0 Å². The standard InChI is InChI=1S/6C6H10O2.Mo/c6*7-6(8)5-3-1-2-4-5;/h6*5H,1-4H2,(H,7,8);/p-6. The summed E-state index contributed by atoms with van der Waals surface area (Å²) in [5.74, 6) is -5.93. The number of carbonyl (C=O) groups excluding carboxylic acids is 6. The van der Waals surface area contributed by atoms with Crippen molar-refractivity contribution in [1.82, 2.24) is 0 Å². The van der Waals surface area contributed by atoms with Crippen molar-refractivity contribution in [3.8, 4) is 0 Å². The molecular formula is C36H54MoO12-6. The first-order valence-electron chi connectivity index (χ1n) is 18.1. The maximum absolute atomic E-state index is 10.1. The molecule has 6 aliphatic carbocycles. The van der Waals surface area contributed by atoms with Crippen LogP contribution in [0.25, 0.3) is 0 Å². The summed E-state index contributed by atoms with van der Waals surface area (Å²) in [6, 6.07) is 0. The van der Waals surface area contributed by atoms with Gasteiger partial charge < -0.3 is 59.4 Å². The molecule has 0 aliphatic heterocycles. The number of hydrogen-bond donors (Lipinski definition) is 0. The fraction of sp³-hybridized carbons (Fsp3) is 0.833. The first-order chi connectivity index (χ1) is 22.8. The van der Waals surface area contributed by atoms with Crippen LogP contribution in [-0.2, 0) is 49.8 Å². The number of aliphatic carboxylic acids is 6. The third-order valence-corrected chi connectivity index (χ3v) is 10.1. The van der Waals surface area contributed by atoms with Gasteiger partial charge in [0.25, 0.3) is 0 Å². The average molecular weight is 775 g/mol. The quantitative estimate of drug-likeness (QED) is 0.312. The van der Waals surface area contributed by atoms with Crippen LogP contribution in [0, 0.1) is 35.5 Å². The topological polar surface area (TPSA) is 241 Å². The van der Waals surface area contributed by atoms with Gasteiger partial charge in [0.15, 0.2) is 0 Å².